The number of hydrogen-bond donors (Lipinski definition) is 0. The molecule has 136 valence electrons. The summed E-state index contributed by atoms with van der Waals surface area (Å²) in [7, 11) is 0. The van der Waals surface area contributed by atoms with Gasteiger partial charge < -0.3 is 0 Å². The highest BCUT2D eigenvalue weighted by Gasteiger charge is 2.04. The Kier molecular flexibility index (Phi) is 4.58. The molecule has 0 saturated carbocycles. The number of benzene rings is 3. The molecule has 28 heavy (non-hydrogen) atoms. The van der Waals surface area contributed by atoms with Gasteiger partial charge in [-0.3, -0.25) is 9.98 Å². The Morgan fingerprint density at radius 1 is 0.750 bits per heavy atom. The van der Waals surface area contributed by atoms with Crippen molar-refractivity contribution in [3.63, 3.8) is 0 Å². The molecule has 4 aromatic rings. The fourth-order valence-electron chi connectivity index (χ4n) is 3.22. The lowest BCUT2D eigenvalue weighted by Crippen LogP contribution is -1.94. The van der Waals surface area contributed by atoms with E-state index in [0.29, 0.717) is 0 Å². The normalized spacial score (nSPS) is 11.7. The molecule has 0 N–H and O–H groups in total. The fraction of sp³-hybridized carbons (Fsp3) is 0.0800. The van der Waals surface area contributed by atoms with E-state index < -0.39 is 0 Å². The molecule has 0 aliphatic heterocycles. The van der Waals surface area contributed by atoms with Crippen LogP contribution in [0, 0.1) is 0 Å². The average Bonchev–Trinajstić information content (AvgIpc) is 2.71. The van der Waals surface area contributed by atoms with Crippen molar-refractivity contribution >= 4 is 51.2 Å². The van der Waals surface area contributed by atoms with E-state index in [9.17, 15) is 0 Å². The summed E-state index contributed by atoms with van der Waals surface area (Å²) >= 11 is 0. The van der Waals surface area contributed by atoms with Gasteiger partial charge in [0, 0.05) is 16.5 Å². The third-order valence-electron chi connectivity index (χ3n) is 4.85. The fourth-order valence-corrected chi connectivity index (χ4v) is 3.22. The molecule has 1 heterocycles. The van der Waals surface area contributed by atoms with Crippen molar-refractivity contribution in [2.24, 2.45) is 9.98 Å². The van der Waals surface area contributed by atoms with E-state index in [4.69, 9.17) is 9.98 Å². The van der Waals surface area contributed by atoms with E-state index in [1.807, 2.05) is 44.2 Å². The van der Waals surface area contributed by atoms with Crippen molar-refractivity contribution in [2.45, 2.75) is 13.8 Å². The molecule has 0 saturated heterocycles. The van der Waals surface area contributed by atoms with Crippen LogP contribution in [0.2, 0.25) is 0 Å². The molecular formula is C25H21N3. The summed E-state index contributed by atoms with van der Waals surface area (Å²) in [5.41, 5.74) is 7.80. The second-order valence-corrected chi connectivity index (χ2v) is 6.96. The van der Waals surface area contributed by atoms with Gasteiger partial charge in [-0.25, -0.2) is 4.98 Å². The van der Waals surface area contributed by atoms with E-state index in [1.54, 1.807) is 0 Å². The molecular weight excluding hydrogens is 342 g/mol. The predicted molar refractivity (Wildman–Crippen MR) is 121 cm³/mol. The molecule has 0 fully saturated rings. The number of aliphatic imine (C=N–C) groups is 2. The van der Waals surface area contributed by atoms with Crippen molar-refractivity contribution in [3.8, 4) is 0 Å². The zero-order chi connectivity index (χ0) is 19.7. The van der Waals surface area contributed by atoms with Gasteiger partial charge >= 0.3 is 0 Å². The Bertz CT molecular complexity index is 1250. The van der Waals surface area contributed by atoms with Gasteiger partial charge in [0.1, 0.15) is 0 Å². The van der Waals surface area contributed by atoms with Gasteiger partial charge in [-0.1, -0.05) is 48.6 Å². The van der Waals surface area contributed by atoms with Gasteiger partial charge in [0.15, 0.2) is 0 Å². The first kappa shape index (κ1) is 17.8. The summed E-state index contributed by atoms with van der Waals surface area (Å²) in [6.45, 7) is 11.6. The van der Waals surface area contributed by atoms with Gasteiger partial charge in [-0.05, 0) is 62.0 Å². The van der Waals surface area contributed by atoms with Crippen LogP contribution < -0.4 is 0 Å². The SMILES string of the molecule is C=Nc1ccc2cc3ccc(/N=C(\C)c4ccc(C(=C)C)cc4)cc3nc2c1. The number of allylic oxidation sites excluding steroid dienone is 1. The van der Waals surface area contributed by atoms with Crippen LogP contribution in [0.3, 0.4) is 0 Å². The Balaban J connectivity index is 1.73. The van der Waals surface area contributed by atoms with Gasteiger partial charge in [0.05, 0.1) is 22.4 Å². The van der Waals surface area contributed by atoms with Gasteiger partial charge in [-0.15, -0.1) is 0 Å². The third-order valence-corrected chi connectivity index (χ3v) is 4.85. The first-order chi connectivity index (χ1) is 13.5. The maximum Gasteiger partial charge on any atom is 0.0731 e. The minimum Gasteiger partial charge on any atom is -0.265 e. The van der Waals surface area contributed by atoms with Crippen LogP contribution in [-0.2, 0) is 0 Å². The quantitative estimate of drug-likeness (QED) is 0.287. The van der Waals surface area contributed by atoms with E-state index in [-0.39, 0.29) is 0 Å². The molecule has 4 rings (SSSR count). The molecule has 1 aromatic heterocycles. The zero-order valence-corrected chi connectivity index (χ0v) is 16.1. The van der Waals surface area contributed by atoms with E-state index >= 15 is 0 Å². The lowest BCUT2D eigenvalue weighted by Gasteiger charge is -2.06. The molecule has 0 radical (unpaired) electrons. The van der Waals surface area contributed by atoms with Crippen molar-refractivity contribution in [3.05, 3.63) is 84.4 Å². The van der Waals surface area contributed by atoms with Crippen LogP contribution in [0.25, 0.3) is 27.4 Å². The Hall–Kier alpha value is -3.59. The summed E-state index contributed by atoms with van der Waals surface area (Å²) in [6.07, 6.45) is 0. The van der Waals surface area contributed by atoms with Crippen molar-refractivity contribution in [2.75, 3.05) is 0 Å². The van der Waals surface area contributed by atoms with E-state index in [2.05, 4.69) is 54.7 Å². The summed E-state index contributed by atoms with van der Waals surface area (Å²) in [5, 5.41) is 2.18. The maximum atomic E-state index is 4.79. The smallest absolute Gasteiger partial charge is 0.0731 e. The lowest BCUT2D eigenvalue weighted by atomic mass is 10.0. The molecule has 0 spiro atoms. The first-order valence-electron chi connectivity index (χ1n) is 9.16. The zero-order valence-electron chi connectivity index (χ0n) is 16.1. The van der Waals surface area contributed by atoms with Crippen LogP contribution >= 0.6 is 0 Å². The van der Waals surface area contributed by atoms with E-state index in [1.165, 1.54) is 0 Å². The van der Waals surface area contributed by atoms with Crippen LogP contribution in [0.4, 0.5) is 11.4 Å². The molecule has 0 amide bonds. The topological polar surface area (TPSA) is 37.6 Å². The average molecular weight is 363 g/mol. The van der Waals surface area contributed by atoms with Crippen molar-refractivity contribution in [1.82, 2.24) is 4.98 Å². The molecule has 0 atom stereocenters. The third kappa shape index (κ3) is 3.47. The van der Waals surface area contributed by atoms with Gasteiger partial charge in [0.25, 0.3) is 0 Å². The highest BCUT2D eigenvalue weighted by molar-refractivity contribution is 6.01. The van der Waals surface area contributed by atoms with Crippen LogP contribution in [0.15, 0.2) is 83.3 Å². The van der Waals surface area contributed by atoms with Gasteiger partial charge in [0.2, 0.25) is 0 Å². The second-order valence-electron chi connectivity index (χ2n) is 6.96. The number of aromatic nitrogens is 1. The second kappa shape index (κ2) is 7.20. The Morgan fingerprint density at radius 2 is 1.32 bits per heavy atom. The molecule has 3 heteroatoms. The van der Waals surface area contributed by atoms with Crippen molar-refractivity contribution in [1.29, 1.82) is 0 Å². The standard InChI is InChI=1S/C25H21N3/c1-16(2)18-5-7-19(8-6-18)17(3)27-23-12-10-21-13-20-9-11-22(26-4)14-24(20)28-25(21)15-23/h5-15H,1,4H2,2-3H3/b27-17+. The summed E-state index contributed by atoms with van der Waals surface area (Å²) in [6, 6.07) is 22.5. The molecule has 0 aliphatic rings. The number of rotatable bonds is 4. The predicted octanol–water partition coefficient (Wildman–Crippen LogP) is 6.89. The minimum absolute atomic E-state index is 0.822. The Morgan fingerprint density at radius 3 is 1.93 bits per heavy atom. The summed E-state index contributed by atoms with van der Waals surface area (Å²) in [5.74, 6) is 0. The number of nitrogens with zero attached hydrogens (tertiary/aromatic N) is 3. The number of pyridine rings is 1. The minimum atomic E-state index is 0.822. The van der Waals surface area contributed by atoms with Crippen molar-refractivity contribution < 1.29 is 0 Å². The summed E-state index contributed by atoms with van der Waals surface area (Å²) < 4.78 is 0. The maximum absolute atomic E-state index is 4.79. The number of hydrogen-bond acceptors (Lipinski definition) is 3. The van der Waals surface area contributed by atoms with Crippen LogP contribution in [-0.4, -0.2) is 17.4 Å². The molecule has 3 nitrogen and oxygen atoms in total. The monoisotopic (exact) mass is 363 g/mol. The molecule has 0 unspecified atom stereocenters. The summed E-state index contributed by atoms with van der Waals surface area (Å²) in [4.78, 5) is 13.6. The van der Waals surface area contributed by atoms with E-state index in [0.717, 1.165) is 55.6 Å². The molecule has 3 aromatic carbocycles. The molecule has 0 aliphatic carbocycles. The first-order valence-corrected chi connectivity index (χ1v) is 9.16. The molecule has 0 bridgehead atoms. The van der Waals surface area contributed by atoms with Crippen LogP contribution in [0.5, 0.6) is 0 Å². The number of fused-ring (bicyclic) bond motifs is 2. The highest BCUT2D eigenvalue weighted by atomic mass is 14.8. The highest BCUT2D eigenvalue weighted by Crippen LogP contribution is 2.26. The van der Waals surface area contributed by atoms with Gasteiger partial charge in [-0.2, -0.15) is 0 Å². The largest absolute Gasteiger partial charge is 0.265 e. The van der Waals surface area contributed by atoms with Crippen LogP contribution in [0.1, 0.15) is 25.0 Å². The lowest BCUT2D eigenvalue weighted by molar-refractivity contribution is 1.44. The Labute approximate surface area is 164 Å².